The number of imidazole rings is 1. The highest BCUT2D eigenvalue weighted by Crippen LogP contribution is 2.32. The van der Waals surface area contributed by atoms with Crippen LogP contribution in [0.2, 0.25) is 0 Å². The summed E-state index contributed by atoms with van der Waals surface area (Å²) in [5.74, 6) is 0.883. The van der Waals surface area contributed by atoms with E-state index in [0.717, 1.165) is 75.7 Å². The van der Waals surface area contributed by atoms with E-state index in [-0.39, 0.29) is 5.92 Å². The fourth-order valence-electron chi connectivity index (χ4n) is 4.56. The first-order valence-corrected chi connectivity index (χ1v) is 12.7. The lowest BCUT2D eigenvalue weighted by Gasteiger charge is -2.22. The molecule has 6 rings (SSSR count). The molecule has 3 heterocycles. The Morgan fingerprint density at radius 2 is 1.65 bits per heavy atom. The van der Waals surface area contributed by atoms with Gasteiger partial charge in [0.2, 0.25) is 0 Å². The molecule has 1 aliphatic carbocycles. The summed E-state index contributed by atoms with van der Waals surface area (Å²) in [7, 11) is 0. The fraction of sp³-hybridized carbons (Fsp3) is 0.200. The number of hydrogen-bond acceptors (Lipinski definition) is 6. The van der Waals surface area contributed by atoms with E-state index in [9.17, 15) is 5.26 Å². The second-order valence-electron chi connectivity index (χ2n) is 8.73. The highest BCUT2D eigenvalue weighted by atomic mass is 14.9. The van der Waals surface area contributed by atoms with Crippen LogP contribution in [0.1, 0.15) is 31.5 Å². The third-order valence-corrected chi connectivity index (χ3v) is 6.40. The Kier molecular flexibility index (Phi) is 7.09. The van der Waals surface area contributed by atoms with E-state index in [2.05, 4.69) is 62.0 Å². The van der Waals surface area contributed by atoms with Gasteiger partial charge in [-0.2, -0.15) is 5.26 Å². The average molecular weight is 488 g/mol. The van der Waals surface area contributed by atoms with Crippen molar-refractivity contribution < 1.29 is 0 Å². The van der Waals surface area contributed by atoms with Crippen molar-refractivity contribution in [1.29, 1.82) is 5.26 Å². The molecule has 3 N–H and O–H groups in total. The number of hydrogen-bond donors (Lipinski definition) is 3. The van der Waals surface area contributed by atoms with Crippen molar-refractivity contribution in [3.8, 4) is 17.5 Å². The molecule has 0 saturated carbocycles. The van der Waals surface area contributed by atoms with Gasteiger partial charge in [0.25, 0.3) is 0 Å². The van der Waals surface area contributed by atoms with E-state index in [4.69, 9.17) is 4.98 Å². The summed E-state index contributed by atoms with van der Waals surface area (Å²) < 4.78 is 0. The zero-order valence-electron chi connectivity index (χ0n) is 21.0. The summed E-state index contributed by atoms with van der Waals surface area (Å²) in [6.07, 6.45) is 7.85. The molecule has 2 aromatic carbocycles. The van der Waals surface area contributed by atoms with Crippen LogP contribution in [0.5, 0.6) is 0 Å². The summed E-state index contributed by atoms with van der Waals surface area (Å²) in [4.78, 5) is 16.8. The molecule has 7 heteroatoms. The lowest BCUT2D eigenvalue weighted by atomic mass is 9.86. The van der Waals surface area contributed by atoms with Gasteiger partial charge in [-0.05, 0) is 85.5 Å². The summed E-state index contributed by atoms with van der Waals surface area (Å²) >= 11 is 0. The maximum atomic E-state index is 9.36. The average Bonchev–Trinajstić information content (AvgIpc) is 3.38. The minimum absolute atomic E-state index is 0.0585. The molecule has 0 fully saturated rings. The zero-order chi connectivity index (χ0) is 25.6. The topological polar surface area (TPSA) is 102 Å². The molecule has 0 saturated heterocycles. The predicted molar refractivity (Wildman–Crippen MR) is 149 cm³/mol. The van der Waals surface area contributed by atoms with Gasteiger partial charge in [-0.25, -0.2) is 4.98 Å². The van der Waals surface area contributed by atoms with Crippen molar-refractivity contribution in [2.45, 2.75) is 33.1 Å². The fourth-order valence-corrected chi connectivity index (χ4v) is 4.56. The van der Waals surface area contributed by atoms with E-state index >= 15 is 0 Å². The monoisotopic (exact) mass is 487 g/mol. The van der Waals surface area contributed by atoms with Gasteiger partial charge in [0.1, 0.15) is 5.82 Å². The van der Waals surface area contributed by atoms with Crippen molar-refractivity contribution in [3.63, 3.8) is 0 Å². The molecule has 0 amide bonds. The van der Waals surface area contributed by atoms with Gasteiger partial charge in [0.05, 0.1) is 23.0 Å². The van der Waals surface area contributed by atoms with Crippen molar-refractivity contribution >= 4 is 33.8 Å². The first-order valence-electron chi connectivity index (χ1n) is 12.7. The highest BCUT2D eigenvalue weighted by molar-refractivity contribution is 5.84. The van der Waals surface area contributed by atoms with Gasteiger partial charge >= 0.3 is 0 Å². The molecule has 37 heavy (non-hydrogen) atoms. The minimum Gasteiger partial charge on any atom is -0.355 e. The van der Waals surface area contributed by atoms with Crippen LogP contribution in [0.25, 0.3) is 22.4 Å². The molecule has 0 aliphatic heterocycles. The molecule has 7 nitrogen and oxygen atoms in total. The third kappa shape index (κ3) is 5.29. The Balaban J connectivity index is 0.00000137. The van der Waals surface area contributed by atoms with Gasteiger partial charge in [0.15, 0.2) is 0 Å². The number of nitrogens with one attached hydrogen (secondary N) is 3. The number of H-pyrrole nitrogens is 1. The normalized spacial score (nSPS) is 14.1. The van der Waals surface area contributed by atoms with E-state index < -0.39 is 0 Å². The number of aryl methyl sites for hydroxylation is 1. The molecule has 1 atom stereocenters. The Morgan fingerprint density at radius 3 is 2.43 bits per heavy atom. The number of anilines is 4. The number of nitrogens with zero attached hydrogens (tertiary/aromatic N) is 4. The first-order chi connectivity index (χ1) is 18.2. The maximum Gasteiger partial charge on any atom is 0.138 e. The zero-order valence-corrected chi connectivity index (χ0v) is 21.0. The van der Waals surface area contributed by atoms with Crippen LogP contribution < -0.4 is 10.6 Å². The molecular formula is C30H29N7. The number of benzene rings is 2. The molecule has 0 bridgehead atoms. The van der Waals surface area contributed by atoms with Crippen molar-refractivity contribution in [3.05, 3.63) is 90.5 Å². The second kappa shape index (κ2) is 10.9. The van der Waals surface area contributed by atoms with E-state index in [1.165, 1.54) is 0 Å². The standard InChI is InChI=1S/C28H23N7.C2H6/c29-17-18-1-7-24-23(15-18)25(11-14-31-24)33-20-4-2-19(3-5-20)28-34-26-8-6-22(16-27(26)35-28)32-21-9-12-30-13-10-21;1-2/h2-6,8-14,16,18H,1,7,15H2,(H,30,32)(H,31,33)(H,34,35);1-2H3. The molecule has 1 aliphatic rings. The smallest absolute Gasteiger partial charge is 0.138 e. The van der Waals surface area contributed by atoms with Crippen LogP contribution >= 0.6 is 0 Å². The van der Waals surface area contributed by atoms with Gasteiger partial charge in [-0.1, -0.05) is 13.8 Å². The Hall–Kier alpha value is -4.70. The van der Waals surface area contributed by atoms with Crippen LogP contribution in [0, 0.1) is 17.2 Å². The van der Waals surface area contributed by atoms with Crippen LogP contribution in [0.3, 0.4) is 0 Å². The third-order valence-electron chi connectivity index (χ3n) is 6.40. The lowest BCUT2D eigenvalue weighted by Crippen LogP contribution is -2.15. The first kappa shape index (κ1) is 24.0. The number of fused-ring (bicyclic) bond motifs is 2. The van der Waals surface area contributed by atoms with E-state index in [1.807, 2.05) is 50.4 Å². The summed E-state index contributed by atoms with van der Waals surface area (Å²) in [5, 5.41) is 16.3. The highest BCUT2D eigenvalue weighted by Gasteiger charge is 2.21. The number of pyridine rings is 2. The molecule has 5 aromatic rings. The van der Waals surface area contributed by atoms with Crippen molar-refractivity contribution in [1.82, 2.24) is 19.9 Å². The predicted octanol–water partition coefficient (Wildman–Crippen LogP) is 7.16. The van der Waals surface area contributed by atoms with E-state index in [0.29, 0.717) is 0 Å². The molecule has 0 radical (unpaired) electrons. The van der Waals surface area contributed by atoms with Gasteiger partial charge < -0.3 is 15.6 Å². The Bertz CT molecular complexity index is 1530. The maximum absolute atomic E-state index is 9.36. The molecule has 184 valence electrons. The van der Waals surface area contributed by atoms with Gasteiger partial charge in [-0.15, -0.1) is 0 Å². The van der Waals surface area contributed by atoms with Gasteiger partial charge in [-0.3, -0.25) is 9.97 Å². The molecule has 3 aromatic heterocycles. The minimum atomic E-state index is 0.0585. The summed E-state index contributed by atoms with van der Waals surface area (Å²) in [6, 6.07) is 22.6. The molecule has 1 unspecified atom stereocenters. The van der Waals surface area contributed by atoms with Crippen molar-refractivity contribution in [2.75, 3.05) is 10.6 Å². The lowest BCUT2D eigenvalue weighted by molar-refractivity contribution is 0.556. The summed E-state index contributed by atoms with van der Waals surface area (Å²) in [6.45, 7) is 4.00. The summed E-state index contributed by atoms with van der Waals surface area (Å²) in [5.41, 5.74) is 9.13. The Morgan fingerprint density at radius 1 is 0.892 bits per heavy atom. The second-order valence-corrected chi connectivity index (χ2v) is 8.73. The number of aromatic nitrogens is 4. The van der Waals surface area contributed by atoms with Crippen LogP contribution in [0.15, 0.2) is 79.3 Å². The van der Waals surface area contributed by atoms with Crippen molar-refractivity contribution in [2.24, 2.45) is 5.92 Å². The number of aromatic amines is 1. The van der Waals surface area contributed by atoms with Gasteiger partial charge in [0, 0.05) is 52.6 Å². The van der Waals surface area contributed by atoms with Crippen LogP contribution in [0.4, 0.5) is 22.7 Å². The van der Waals surface area contributed by atoms with Crippen LogP contribution in [-0.2, 0) is 12.8 Å². The quantitative estimate of drug-likeness (QED) is 0.243. The molecular weight excluding hydrogens is 458 g/mol. The number of nitriles is 1. The van der Waals surface area contributed by atoms with Crippen LogP contribution in [-0.4, -0.2) is 19.9 Å². The largest absolute Gasteiger partial charge is 0.355 e. The Labute approximate surface area is 216 Å². The SMILES string of the molecule is CC.N#CC1CCc2nccc(Nc3ccc(-c4nc5ccc(Nc6ccncc6)cc5[nH]4)cc3)c2C1. The van der Waals surface area contributed by atoms with E-state index in [1.54, 1.807) is 12.4 Å². The molecule has 0 spiro atoms. The number of rotatable bonds is 5.